The number of nitrogens with one attached hydrogen (secondary N) is 4. The molecule has 15 heavy (non-hydrogen) atoms. The highest BCUT2D eigenvalue weighted by Gasteiger charge is 2.14. The van der Waals surface area contributed by atoms with E-state index in [9.17, 15) is 19.2 Å². The molecule has 0 saturated carbocycles. The summed E-state index contributed by atoms with van der Waals surface area (Å²) >= 11 is 0. The fraction of sp³-hybridized carbons (Fsp3) is 0.429. The quantitative estimate of drug-likeness (QED) is 0.350. The number of carbonyl (C=O) groups excluding carboxylic acids is 4. The Balaban J connectivity index is 0.000000151. The highest BCUT2D eigenvalue weighted by atomic mass is 16.2. The van der Waals surface area contributed by atoms with E-state index in [0.717, 1.165) is 0 Å². The number of carbonyl (C=O) groups is 4. The van der Waals surface area contributed by atoms with Gasteiger partial charge >= 0.3 is 12.1 Å². The first kappa shape index (κ1) is 11.0. The summed E-state index contributed by atoms with van der Waals surface area (Å²) in [5.74, 6) is -0.459. The van der Waals surface area contributed by atoms with Crippen LogP contribution in [0, 0.1) is 0 Å². The first-order chi connectivity index (χ1) is 7.08. The molecule has 0 aromatic heterocycles. The van der Waals surface area contributed by atoms with Crippen molar-refractivity contribution in [3.8, 4) is 0 Å². The van der Waals surface area contributed by atoms with Gasteiger partial charge in [-0.05, 0) is 0 Å². The minimum atomic E-state index is -0.398. The normalized spacial score (nSPS) is 19.2. The maximum absolute atomic E-state index is 10.3. The van der Waals surface area contributed by atoms with Crippen LogP contribution in [-0.4, -0.2) is 37.0 Å². The highest BCUT2D eigenvalue weighted by molar-refractivity contribution is 6.01. The van der Waals surface area contributed by atoms with Crippen LogP contribution in [0.4, 0.5) is 9.59 Å². The number of imide groups is 2. The summed E-state index contributed by atoms with van der Waals surface area (Å²) in [7, 11) is 0. The summed E-state index contributed by atoms with van der Waals surface area (Å²) in [5, 5.41) is 8.83. The van der Waals surface area contributed by atoms with Crippen molar-refractivity contribution in [2.75, 3.05) is 13.1 Å². The Kier molecular flexibility index (Phi) is 3.61. The topological polar surface area (TPSA) is 116 Å². The molecule has 2 heterocycles. The molecular weight excluding hydrogens is 204 g/mol. The molecule has 0 radical (unpaired) electrons. The van der Waals surface area contributed by atoms with Gasteiger partial charge in [0.15, 0.2) is 0 Å². The monoisotopic (exact) mass is 214 g/mol. The maximum atomic E-state index is 10.3. The summed E-state index contributed by atoms with van der Waals surface area (Å²) in [6, 6.07) is -0.786. The molecule has 6 amide bonds. The van der Waals surface area contributed by atoms with Crippen molar-refractivity contribution in [2.24, 2.45) is 0 Å². The minimum absolute atomic E-state index is 0.124. The van der Waals surface area contributed by atoms with Gasteiger partial charge in [-0.3, -0.25) is 20.2 Å². The summed E-state index contributed by atoms with van der Waals surface area (Å²) < 4.78 is 0. The number of urea groups is 2. The fourth-order valence-corrected chi connectivity index (χ4v) is 0.898. The molecule has 2 saturated heterocycles. The van der Waals surface area contributed by atoms with Crippen molar-refractivity contribution >= 4 is 23.9 Å². The van der Waals surface area contributed by atoms with Crippen LogP contribution in [0.25, 0.3) is 0 Å². The molecule has 0 aromatic carbocycles. The van der Waals surface area contributed by atoms with Crippen molar-refractivity contribution in [2.45, 2.75) is 6.42 Å². The lowest BCUT2D eigenvalue weighted by Gasteiger charge is -2.10. The van der Waals surface area contributed by atoms with Crippen molar-refractivity contribution in [3.63, 3.8) is 0 Å². The molecule has 0 atom stereocenters. The largest absolute Gasteiger partial charge is 0.337 e. The van der Waals surface area contributed by atoms with Gasteiger partial charge < -0.3 is 10.6 Å². The van der Waals surface area contributed by atoms with Crippen LogP contribution in [0.5, 0.6) is 0 Å². The van der Waals surface area contributed by atoms with Crippen molar-refractivity contribution < 1.29 is 19.2 Å². The van der Waals surface area contributed by atoms with Gasteiger partial charge in [0.05, 0.1) is 6.54 Å². The van der Waals surface area contributed by atoms with Crippen LogP contribution < -0.4 is 21.3 Å². The lowest BCUT2D eigenvalue weighted by atomic mass is 10.3. The zero-order valence-electron chi connectivity index (χ0n) is 7.75. The lowest BCUT2D eigenvalue weighted by molar-refractivity contribution is -0.120. The van der Waals surface area contributed by atoms with Crippen LogP contribution in [0.15, 0.2) is 0 Å². The molecule has 2 rings (SSSR count). The Morgan fingerprint density at radius 1 is 0.800 bits per heavy atom. The van der Waals surface area contributed by atoms with E-state index in [0.29, 0.717) is 13.0 Å². The third-order valence-electron chi connectivity index (χ3n) is 1.55. The second-order valence-corrected chi connectivity index (χ2v) is 2.78. The number of hydrogen-bond donors (Lipinski definition) is 4. The first-order valence-corrected chi connectivity index (χ1v) is 4.23. The van der Waals surface area contributed by atoms with E-state index in [2.05, 4.69) is 16.0 Å². The molecule has 2 aliphatic rings. The van der Waals surface area contributed by atoms with E-state index in [1.165, 1.54) is 0 Å². The lowest BCUT2D eigenvalue weighted by Crippen LogP contribution is -2.46. The van der Waals surface area contributed by atoms with Crippen molar-refractivity contribution in [3.05, 3.63) is 0 Å². The van der Waals surface area contributed by atoms with Gasteiger partial charge in [-0.2, -0.15) is 0 Å². The zero-order chi connectivity index (χ0) is 11.3. The van der Waals surface area contributed by atoms with Gasteiger partial charge in [-0.25, -0.2) is 9.59 Å². The molecule has 8 nitrogen and oxygen atoms in total. The van der Waals surface area contributed by atoms with Gasteiger partial charge in [-0.1, -0.05) is 0 Å². The van der Waals surface area contributed by atoms with Crippen LogP contribution in [0.3, 0.4) is 0 Å². The van der Waals surface area contributed by atoms with Crippen LogP contribution in [-0.2, 0) is 9.59 Å². The van der Waals surface area contributed by atoms with Gasteiger partial charge in [0, 0.05) is 13.0 Å². The van der Waals surface area contributed by atoms with Gasteiger partial charge in [0.25, 0.3) is 0 Å². The molecule has 2 aliphatic heterocycles. The Labute approximate surface area is 84.8 Å². The molecular formula is C7H10N4O4. The Morgan fingerprint density at radius 3 is 1.67 bits per heavy atom. The first-order valence-electron chi connectivity index (χ1n) is 4.23. The van der Waals surface area contributed by atoms with E-state index in [1.807, 2.05) is 5.32 Å². The average molecular weight is 214 g/mol. The molecule has 0 spiro atoms. The molecule has 8 heteroatoms. The summed E-state index contributed by atoms with van der Waals surface area (Å²) in [6.45, 7) is 0.587. The van der Waals surface area contributed by atoms with Gasteiger partial charge in [0.1, 0.15) is 0 Å². The summed E-state index contributed by atoms with van der Waals surface area (Å²) in [5.41, 5.74) is 0. The minimum Gasteiger partial charge on any atom is -0.337 e. The van der Waals surface area contributed by atoms with E-state index in [-0.39, 0.29) is 24.4 Å². The number of rotatable bonds is 0. The van der Waals surface area contributed by atoms with Gasteiger partial charge in [-0.15, -0.1) is 0 Å². The second-order valence-electron chi connectivity index (χ2n) is 2.78. The van der Waals surface area contributed by atoms with Gasteiger partial charge in [0.2, 0.25) is 11.8 Å². The van der Waals surface area contributed by atoms with E-state index < -0.39 is 6.03 Å². The van der Waals surface area contributed by atoms with Crippen molar-refractivity contribution in [1.29, 1.82) is 0 Å². The molecule has 0 aromatic rings. The molecule has 4 N–H and O–H groups in total. The van der Waals surface area contributed by atoms with E-state index in [4.69, 9.17) is 0 Å². The van der Waals surface area contributed by atoms with Crippen molar-refractivity contribution in [1.82, 2.24) is 21.3 Å². The predicted molar refractivity (Wildman–Crippen MR) is 47.7 cm³/mol. The van der Waals surface area contributed by atoms with Crippen LogP contribution in [0.2, 0.25) is 0 Å². The third-order valence-corrected chi connectivity index (χ3v) is 1.55. The fourth-order valence-electron chi connectivity index (χ4n) is 0.898. The predicted octanol–water partition coefficient (Wildman–Crippen LogP) is -1.96. The molecule has 2 fully saturated rings. The second kappa shape index (κ2) is 4.94. The van der Waals surface area contributed by atoms with Crippen LogP contribution >= 0.6 is 0 Å². The van der Waals surface area contributed by atoms with E-state index >= 15 is 0 Å². The maximum Gasteiger partial charge on any atom is 0.321 e. The number of amides is 6. The summed E-state index contributed by atoms with van der Waals surface area (Å²) in [6.07, 6.45) is 0.395. The third kappa shape index (κ3) is 4.07. The Bertz CT molecular complexity index is 286. The molecule has 0 unspecified atom stereocenters. The highest BCUT2D eigenvalue weighted by Crippen LogP contribution is 1.82. The average Bonchev–Trinajstić information content (AvgIpc) is 2.50. The SMILES string of the molecule is O=C1CCNC(=O)N1.O=C1CNC(=O)N1. The van der Waals surface area contributed by atoms with E-state index in [1.54, 1.807) is 0 Å². The zero-order valence-corrected chi connectivity index (χ0v) is 7.75. The molecule has 0 aliphatic carbocycles. The standard InChI is InChI=1S/C4H6N2O2.C3H4N2O2/c7-3-1-2-5-4(8)6-3;6-2-1-4-3(7)5-2/h1-2H2,(H2,5,6,7,8);1H2,(H2,4,5,6,7). The summed E-state index contributed by atoms with van der Waals surface area (Å²) in [4.78, 5) is 40.6. The Hall–Kier alpha value is -2.12. The molecule has 82 valence electrons. The smallest absolute Gasteiger partial charge is 0.321 e. The number of hydrogen-bond acceptors (Lipinski definition) is 4. The molecule has 0 bridgehead atoms. The van der Waals surface area contributed by atoms with Crippen LogP contribution in [0.1, 0.15) is 6.42 Å². The Morgan fingerprint density at radius 2 is 1.40 bits per heavy atom.